The topological polar surface area (TPSA) is 26.0 Å². The van der Waals surface area contributed by atoms with E-state index in [4.69, 9.17) is 5.73 Å². The number of halogens is 1. The van der Waals surface area contributed by atoms with Crippen LogP contribution in [0.25, 0.3) is 0 Å². The lowest BCUT2D eigenvalue weighted by Gasteiger charge is -2.21. The molecule has 0 saturated heterocycles. The highest BCUT2D eigenvalue weighted by molar-refractivity contribution is 5.33. The summed E-state index contributed by atoms with van der Waals surface area (Å²) in [6.07, 6.45) is -1.06. The van der Waals surface area contributed by atoms with Gasteiger partial charge in [-0.3, -0.25) is 0 Å². The van der Waals surface area contributed by atoms with Crippen LogP contribution in [0.3, 0.4) is 0 Å². The first-order valence-corrected chi connectivity index (χ1v) is 5.77. The fourth-order valence-corrected chi connectivity index (χ4v) is 2.07. The van der Waals surface area contributed by atoms with Crippen molar-refractivity contribution in [1.82, 2.24) is 0 Å². The van der Waals surface area contributed by atoms with Gasteiger partial charge in [0.1, 0.15) is 6.17 Å². The van der Waals surface area contributed by atoms with Crippen LogP contribution in [0, 0.1) is 0 Å². The Bertz CT molecular complexity index is 401. The van der Waals surface area contributed by atoms with Gasteiger partial charge in [-0.05, 0) is 11.1 Å². The maximum absolute atomic E-state index is 14.0. The van der Waals surface area contributed by atoms with Crippen molar-refractivity contribution < 1.29 is 4.39 Å². The van der Waals surface area contributed by atoms with Gasteiger partial charge in [-0.1, -0.05) is 60.7 Å². The molecule has 0 aliphatic carbocycles. The average molecular weight is 229 g/mol. The van der Waals surface area contributed by atoms with Crippen LogP contribution in [0.4, 0.5) is 4.39 Å². The molecule has 1 unspecified atom stereocenters. The third-order valence-electron chi connectivity index (χ3n) is 2.90. The SMILES string of the molecule is NCC(F)C(c1ccccc1)c1ccccc1. The molecular weight excluding hydrogens is 213 g/mol. The second kappa shape index (κ2) is 5.60. The average Bonchev–Trinajstić information content (AvgIpc) is 2.41. The molecule has 2 N–H and O–H groups in total. The Hall–Kier alpha value is -1.67. The van der Waals surface area contributed by atoms with E-state index < -0.39 is 6.17 Å². The Morgan fingerprint density at radius 3 is 1.59 bits per heavy atom. The molecular formula is C15H16FN. The van der Waals surface area contributed by atoms with E-state index in [0.29, 0.717) is 0 Å². The maximum Gasteiger partial charge on any atom is 0.123 e. The lowest BCUT2D eigenvalue weighted by molar-refractivity contribution is 0.311. The van der Waals surface area contributed by atoms with Crippen molar-refractivity contribution in [2.75, 3.05) is 6.54 Å². The molecule has 88 valence electrons. The molecule has 0 aliphatic heterocycles. The summed E-state index contributed by atoms with van der Waals surface area (Å²) < 4.78 is 14.0. The second-order valence-corrected chi connectivity index (χ2v) is 4.05. The van der Waals surface area contributed by atoms with Gasteiger partial charge < -0.3 is 5.73 Å². The van der Waals surface area contributed by atoms with Crippen LogP contribution >= 0.6 is 0 Å². The predicted molar refractivity (Wildman–Crippen MR) is 68.7 cm³/mol. The van der Waals surface area contributed by atoms with Gasteiger partial charge in [-0.15, -0.1) is 0 Å². The van der Waals surface area contributed by atoms with E-state index in [1.54, 1.807) is 0 Å². The highest BCUT2D eigenvalue weighted by Gasteiger charge is 2.22. The third kappa shape index (κ3) is 2.71. The quantitative estimate of drug-likeness (QED) is 0.856. The van der Waals surface area contributed by atoms with Crippen LogP contribution in [0.2, 0.25) is 0 Å². The van der Waals surface area contributed by atoms with E-state index in [0.717, 1.165) is 11.1 Å². The zero-order chi connectivity index (χ0) is 12.1. The fraction of sp³-hybridized carbons (Fsp3) is 0.200. The molecule has 0 fully saturated rings. The van der Waals surface area contributed by atoms with E-state index in [2.05, 4.69) is 0 Å². The number of hydrogen-bond donors (Lipinski definition) is 1. The maximum atomic E-state index is 14.0. The summed E-state index contributed by atoms with van der Waals surface area (Å²) in [6, 6.07) is 19.3. The zero-order valence-corrected chi connectivity index (χ0v) is 9.59. The molecule has 2 aromatic rings. The summed E-state index contributed by atoms with van der Waals surface area (Å²) in [5.74, 6) is -0.276. The van der Waals surface area contributed by atoms with E-state index in [1.165, 1.54) is 0 Å². The summed E-state index contributed by atoms with van der Waals surface area (Å²) in [5.41, 5.74) is 7.41. The highest BCUT2D eigenvalue weighted by atomic mass is 19.1. The molecule has 0 radical (unpaired) electrons. The number of rotatable bonds is 4. The van der Waals surface area contributed by atoms with Crippen molar-refractivity contribution in [3.8, 4) is 0 Å². The minimum atomic E-state index is -1.06. The molecule has 1 nitrogen and oxygen atoms in total. The molecule has 0 saturated carbocycles. The van der Waals surface area contributed by atoms with Crippen molar-refractivity contribution in [2.24, 2.45) is 5.73 Å². The van der Waals surface area contributed by atoms with Crippen LogP contribution in [0.5, 0.6) is 0 Å². The van der Waals surface area contributed by atoms with Gasteiger partial charge in [-0.2, -0.15) is 0 Å². The molecule has 0 aromatic heterocycles. The van der Waals surface area contributed by atoms with E-state index in [9.17, 15) is 4.39 Å². The lowest BCUT2D eigenvalue weighted by Crippen LogP contribution is -2.24. The van der Waals surface area contributed by atoms with Crippen LogP contribution < -0.4 is 5.73 Å². The Balaban J connectivity index is 2.39. The van der Waals surface area contributed by atoms with Crippen molar-refractivity contribution >= 4 is 0 Å². The van der Waals surface area contributed by atoms with Gasteiger partial charge in [0.05, 0.1) is 0 Å². The molecule has 0 spiro atoms. The van der Waals surface area contributed by atoms with Crippen LogP contribution in [0.1, 0.15) is 17.0 Å². The van der Waals surface area contributed by atoms with Gasteiger partial charge in [0.25, 0.3) is 0 Å². The molecule has 17 heavy (non-hydrogen) atoms. The van der Waals surface area contributed by atoms with Crippen LogP contribution in [-0.4, -0.2) is 12.7 Å². The Morgan fingerprint density at radius 1 is 0.824 bits per heavy atom. The molecule has 0 aliphatic rings. The van der Waals surface area contributed by atoms with E-state index in [1.807, 2.05) is 60.7 Å². The first-order valence-electron chi connectivity index (χ1n) is 5.77. The summed E-state index contributed by atoms with van der Waals surface area (Å²) in [5, 5.41) is 0. The third-order valence-corrected chi connectivity index (χ3v) is 2.90. The summed E-state index contributed by atoms with van der Waals surface area (Å²) in [4.78, 5) is 0. The largest absolute Gasteiger partial charge is 0.328 e. The fourth-order valence-electron chi connectivity index (χ4n) is 2.07. The highest BCUT2D eigenvalue weighted by Crippen LogP contribution is 2.29. The van der Waals surface area contributed by atoms with Crippen molar-refractivity contribution in [3.63, 3.8) is 0 Å². The Kier molecular flexibility index (Phi) is 3.89. The van der Waals surface area contributed by atoms with E-state index in [-0.39, 0.29) is 12.5 Å². The second-order valence-electron chi connectivity index (χ2n) is 4.05. The van der Waals surface area contributed by atoms with Gasteiger partial charge in [-0.25, -0.2) is 4.39 Å². The number of hydrogen-bond acceptors (Lipinski definition) is 1. The number of alkyl halides is 1. The lowest BCUT2D eigenvalue weighted by atomic mass is 9.87. The van der Waals surface area contributed by atoms with Gasteiger partial charge >= 0.3 is 0 Å². The summed E-state index contributed by atoms with van der Waals surface area (Å²) >= 11 is 0. The van der Waals surface area contributed by atoms with Crippen molar-refractivity contribution in [1.29, 1.82) is 0 Å². The van der Waals surface area contributed by atoms with Crippen LogP contribution in [0.15, 0.2) is 60.7 Å². The normalized spacial score (nSPS) is 12.6. The minimum Gasteiger partial charge on any atom is -0.328 e. The summed E-state index contributed by atoms with van der Waals surface area (Å²) in [6.45, 7) is 0.0362. The van der Waals surface area contributed by atoms with E-state index >= 15 is 0 Å². The molecule has 2 rings (SSSR count). The van der Waals surface area contributed by atoms with Crippen LogP contribution in [-0.2, 0) is 0 Å². The Labute approximate surface area is 101 Å². The smallest absolute Gasteiger partial charge is 0.123 e. The van der Waals surface area contributed by atoms with Crippen molar-refractivity contribution in [2.45, 2.75) is 12.1 Å². The number of benzene rings is 2. The van der Waals surface area contributed by atoms with Gasteiger partial charge in [0.2, 0.25) is 0 Å². The molecule has 0 heterocycles. The monoisotopic (exact) mass is 229 g/mol. The summed E-state index contributed by atoms with van der Waals surface area (Å²) in [7, 11) is 0. The first kappa shape index (κ1) is 11.8. The number of nitrogens with two attached hydrogens (primary N) is 1. The standard InChI is InChI=1S/C15H16FN/c16-14(11-17)15(12-7-3-1-4-8-12)13-9-5-2-6-10-13/h1-10,14-15H,11,17H2. The van der Waals surface area contributed by atoms with Crippen molar-refractivity contribution in [3.05, 3.63) is 71.8 Å². The predicted octanol–water partition coefficient (Wildman–Crippen LogP) is 3.12. The molecule has 0 amide bonds. The molecule has 2 heteroatoms. The first-order chi connectivity index (χ1) is 8.33. The Morgan fingerprint density at radius 2 is 1.24 bits per heavy atom. The minimum absolute atomic E-state index is 0.0362. The molecule has 2 aromatic carbocycles. The molecule has 0 bridgehead atoms. The van der Waals surface area contributed by atoms with Gasteiger partial charge in [0, 0.05) is 12.5 Å². The zero-order valence-electron chi connectivity index (χ0n) is 9.59. The molecule has 1 atom stereocenters. The van der Waals surface area contributed by atoms with Gasteiger partial charge in [0.15, 0.2) is 0 Å².